The minimum atomic E-state index is -0.188. The van der Waals surface area contributed by atoms with E-state index in [1.807, 2.05) is 68.4 Å². The molecule has 0 aliphatic rings. The van der Waals surface area contributed by atoms with Gasteiger partial charge in [0.15, 0.2) is 0 Å². The van der Waals surface area contributed by atoms with Crippen LogP contribution in [0.2, 0.25) is 0 Å². The zero-order valence-electron chi connectivity index (χ0n) is 21.0. The Labute approximate surface area is 208 Å². The quantitative estimate of drug-likeness (QED) is 0.267. The van der Waals surface area contributed by atoms with E-state index in [1.54, 1.807) is 0 Å². The second-order valence-corrected chi connectivity index (χ2v) is 9.06. The van der Waals surface area contributed by atoms with Crippen molar-refractivity contribution in [1.29, 1.82) is 0 Å². The van der Waals surface area contributed by atoms with Gasteiger partial charge in [0.25, 0.3) is 0 Å². The summed E-state index contributed by atoms with van der Waals surface area (Å²) in [5.74, 6) is 1.81. The van der Waals surface area contributed by atoms with Gasteiger partial charge in [-0.05, 0) is 74.1 Å². The Morgan fingerprint density at radius 2 is 1.74 bits per heavy atom. The van der Waals surface area contributed by atoms with Crippen LogP contribution in [-0.2, 0) is 24.2 Å². The summed E-state index contributed by atoms with van der Waals surface area (Å²) in [6, 6.07) is 24.3. The molecule has 182 valence electrons. The summed E-state index contributed by atoms with van der Waals surface area (Å²) in [5.41, 5.74) is 5.55. The molecule has 0 spiro atoms. The van der Waals surface area contributed by atoms with E-state index < -0.39 is 0 Å². The summed E-state index contributed by atoms with van der Waals surface area (Å²) in [7, 11) is 0. The Bertz CT molecular complexity index is 1260. The molecule has 0 bridgehead atoms. The highest BCUT2D eigenvalue weighted by molar-refractivity contribution is 5.80. The first-order valence-corrected chi connectivity index (χ1v) is 12.6. The van der Waals surface area contributed by atoms with E-state index in [4.69, 9.17) is 9.72 Å². The van der Waals surface area contributed by atoms with E-state index in [1.165, 1.54) is 5.56 Å². The summed E-state index contributed by atoms with van der Waals surface area (Å²) >= 11 is 0. The predicted molar refractivity (Wildman–Crippen MR) is 142 cm³/mol. The number of aromatic nitrogens is 2. The van der Waals surface area contributed by atoms with Crippen LogP contribution in [0, 0.1) is 6.92 Å². The molecule has 3 aromatic carbocycles. The molecule has 0 saturated carbocycles. The molecule has 1 aromatic heterocycles. The SMILES string of the molecule is CCc1ccc(OCCCCn2c(C(C)NC(=O)Cc3ccccc3C)nc3ccccc32)cc1. The average Bonchev–Trinajstić information content (AvgIpc) is 3.24. The van der Waals surface area contributed by atoms with Gasteiger partial charge in [-0.25, -0.2) is 4.98 Å². The first-order chi connectivity index (χ1) is 17.0. The molecule has 0 aliphatic heterocycles. The third-order valence-electron chi connectivity index (χ3n) is 6.44. The van der Waals surface area contributed by atoms with Crippen LogP contribution in [0.4, 0.5) is 0 Å². The predicted octanol–water partition coefficient (Wildman–Crippen LogP) is 6.19. The lowest BCUT2D eigenvalue weighted by atomic mass is 10.1. The van der Waals surface area contributed by atoms with Gasteiger partial charge < -0.3 is 14.6 Å². The molecule has 4 rings (SSSR count). The standard InChI is InChI=1S/C30H35N3O2/c1-4-24-15-17-26(18-16-24)35-20-10-9-19-33-28-14-8-7-13-27(28)32-30(33)23(3)31-29(34)21-25-12-6-5-11-22(25)2/h5-8,11-18,23H,4,9-10,19-21H2,1-3H3,(H,31,34). The molecule has 0 saturated heterocycles. The molecule has 1 unspecified atom stereocenters. The Balaban J connectivity index is 1.37. The van der Waals surface area contributed by atoms with Gasteiger partial charge in [0.05, 0.1) is 30.1 Å². The fourth-order valence-electron chi connectivity index (χ4n) is 4.38. The number of aryl methyl sites for hydroxylation is 3. The summed E-state index contributed by atoms with van der Waals surface area (Å²) in [5, 5.41) is 3.16. The number of carbonyl (C=O) groups excluding carboxylic acids is 1. The lowest BCUT2D eigenvalue weighted by Crippen LogP contribution is -2.30. The van der Waals surface area contributed by atoms with Crippen molar-refractivity contribution in [2.45, 2.75) is 59.0 Å². The maximum Gasteiger partial charge on any atom is 0.225 e. The maximum absolute atomic E-state index is 12.8. The molecule has 1 amide bonds. The van der Waals surface area contributed by atoms with Crippen LogP contribution in [-0.4, -0.2) is 22.1 Å². The summed E-state index contributed by atoms with van der Waals surface area (Å²) in [6.45, 7) is 7.70. The first kappa shape index (κ1) is 24.5. The molecule has 5 nitrogen and oxygen atoms in total. The number of imidazole rings is 1. The number of carbonyl (C=O) groups is 1. The van der Waals surface area contributed by atoms with E-state index >= 15 is 0 Å². The van der Waals surface area contributed by atoms with Gasteiger partial charge in [-0.1, -0.05) is 55.5 Å². The van der Waals surface area contributed by atoms with Crippen molar-refractivity contribution in [3.05, 3.63) is 95.3 Å². The van der Waals surface area contributed by atoms with Crippen molar-refractivity contribution in [2.24, 2.45) is 0 Å². The van der Waals surface area contributed by atoms with Gasteiger partial charge in [0.1, 0.15) is 11.6 Å². The van der Waals surface area contributed by atoms with Gasteiger partial charge in [0.2, 0.25) is 5.91 Å². The number of amides is 1. The number of hydrogen-bond acceptors (Lipinski definition) is 3. The van der Waals surface area contributed by atoms with Crippen LogP contribution in [0.25, 0.3) is 11.0 Å². The van der Waals surface area contributed by atoms with E-state index in [2.05, 4.69) is 35.0 Å². The number of nitrogens with zero attached hydrogens (tertiary/aromatic N) is 2. The number of unbranched alkanes of at least 4 members (excludes halogenated alkanes) is 1. The molecular weight excluding hydrogens is 434 g/mol. The second-order valence-electron chi connectivity index (χ2n) is 9.06. The number of para-hydroxylation sites is 2. The number of fused-ring (bicyclic) bond motifs is 1. The second kappa shape index (κ2) is 11.7. The highest BCUT2D eigenvalue weighted by atomic mass is 16.5. The number of rotatable bonds is 11. The monoisotopic (exact) mass is 469 g/mol. The Morgan fingerprint density at radius 3 is 2.51 bits per heavy atom. The van der Waals surface area contributed by atoms with E-state index in [0.717, 1.165) is 59.5 Å². The molecule has 0 aliphatic carbocycles. The Hall–Kier alpha value is -3.60. The maximum atomic E-state index is 12.8. The first-order valence-electron chi connectivity index (χ1n) is 12.6. The fourth-order valence-corrected chi connectivity index (χ4v) is 4.38. The third kappa shape index (κ3) is 6.30. The van der Waals surface area contributed by atoms with Crippen molar-refractivity contribution in [1.82, 2.24) is 14.9 Å². The third-order valence-corrected chi connectivity index (χ3v) is 6.44. The number of benzene rings is 3. The highest BCUT2D eigenvalue weighted by Gasteiger charge is 2.18. The average molecular weight is 470 g/mol. The van der Waals surface area contributed by atoms with E-state index in [0.29, 0.717) is 13.0 Å². The molecule has 0 radical (unpaired) electrons. The fraction of sp³-hybridized carbons (Fsp3) is 0.333. The van der Waals surface area contributed by atoms with E-state index in [9.17, 15) is 4.79 Å². The normalized spacial score (nSPS) is 12.0. The van der Waals surface area contributed by atoms with Crippen molar-refractivity contribution in [3.63, 3.8) is 0 Å². The summed E-state index contributed by atoms with van der Waals surface area (Å²) in [4.78, 5) is 17.7. The zero-order chi connectivity index (χ0) is 24.6. The topological polar surface area (TPSA) is 56.1 Å². The van der Waals surface area contributed by atoms with Crippen LogP contribution < -0.4 is 10.1 Å². The van der Waals surface area contributed by atoms with Gasteiger partial charge in [0, 0.05) is 6.54 Å². The molecule has 5 heteroatoms. The summed E-state index contributed by atoms with van der Waals surface area (Å²) in [6.07, 6.45) is 3.31. The van der Waals surface area contributed by atoms with Crippen LogP contribution in [0.1, 0.15) is 55.2 Å². The van der Waals surface area contributed by atoms with Gasteiger partial charge >= 0.3 is 0 Å². The van der Waals surface area contributed by atoms with Crippen LogP contribution in [0.5, 0.6) is 5.75 Å². The van der Waals surface area contributed by atoms with Crippen LogP contribution in [0.3, 0.4) is 0 Å². The number of ether oxygens (including phenoxy) is 1. The van der Waals surface area contributed by atoms with E-state index in [-0.39, 0.29) is 11.9 Å². The lowest BCUT2D eigenvalue weighted by Gasteiger charge is -2.17. The van der Waals surface area contributed by atoms with Gasteiger partial charge in [-0.2, -0.15) is 0 Å². The smallest absolute Gasteiger partial charge is 0.225 e. The molecule has 0 fully saturated rings. The van der Waals surface area contributed by atoms with Crippen molar-refractivity contribution < 1.29 is 9.53 Å². The highest BCUT2D eigenvalue weighted by Crippen LogP contribution is 2.22. The van der Waals surface area contributed by atoms with Crippen molar-refractivity contribution in [2.75, 3.05) is 6.61 Å². The minimum Gasteiger partial charge on any atom is -0.494 e. The van der Waals surface area contributed by atoms with Gasteiger partial charge in [-0.15, -0.1) is 0 Å². The van der Waals surface area contributed by atoms with Crippen LogP contribution >= 0.6 is 0 Å². The molecule has 35 heavy (non-hydrogen) atoms. The number of nitrogens with one attached hydrogen (secondary N) is 1. The molecule has 1 atom stereocenters. The Kier molecular flexibility index (Phi) is 8.19. The Morgan fingerprint density at radius 1 is 1.00 bits per heavy atom. The molecule has 1 N–H and O–H groups in total. The van der Waals surface area contributed by atoms with Crippen molar-refractivity contribution in [3.8, 4) is 5.75 Å². The zero-order valence-corrected chi connectivity index (χ0v) is 21.0. The molecular formula is C30H35N3O2. The largest absolute Gasteiger partial charge is 0.494 e. The molecule has 4 aromatic rings. The molecule has 1 heterocycles. The summed E-state index contributed by atoms with van der Waals surface area (Å²) < 4.78 is 8.17. The van der Waals surface area contributed by atoms with Crippen LogP contribution in [0.15, 0.2) is 72.8 Å². The van der Waals surface area contributed by atoms with Gasteiger partial charge in [-0.3, -0.25) is 4.79 Å². The number of hydrogen-bond donors (Lipinski definition) is 1. The van der Waals surface area contributed by atoms with Crippen molar-refractivity contribution >= 4 is 16.9 Å². The minimum absolute atomic E-state index is 0.00731. The lowest BCUT2D eigenvalue weighted by molar-refractivity contribution is -0.121.